The van der Waals surface area contributed by atoms with Crippen LogP contribution < -0.4 is 4.74 Å². The minimum Gasteiger partial charge on any atom is -0.493 e. The summed E-state index contributed by atoms with van der Waals surface area (Å²) in [5, 5.41) is 17.5. The SMILES string of the molecule is N#Cc1cc(C#N)cc(OCCCC=O)c1. The van der Waals surface area contributed by atoms with E-state index < -0.39 is 0 Å². The van der Waals surface area contributed by atoms with Crippen molar-refractivity contribution in [1.82, 2.24) is 0 Å². The molecule has 0 bridgehead atoms. The van der Waals surface area contributed by atoms with Gasteiger partial charge >= 0.3 is 0 Å². The molecule has 0 spiro atoms. The standard InChI is InChI=1S/C12H10N2O2/c13-8-10-5-11(9-14)7-12(6-10)16-4-2-1-3-15/h3,5-7H,1-2,4H2. The average molecular weight is 214 g/mol. The first-order chi connectivity index (χ1) is 7.80. The van der Waals surface area contributed by atoms with Crippen molar-refractivity contribution in [3.8, 4) is 17.9 Å². The lowest BCUT2D eigenvalue weighted by molar-refractivity contribution is -0.108. The number of benzene rings is 1. The molecule has 0 atom stereocenters. The molecule has 0 aliphatic rings. The van der Waals surface area contributed by atoms with E-state index in [1.165, 1.54) is 6.07 Å². The van der Waals surface area contributed by atoms with Gasteiger partial charge in [-0.3, -0.25) is 0 Å². The maximum Gasteiger partial charge on any atom is 0.121 e. The molecule has 0 heterocycles. The summed E-state index contributed by atoms with van der Waals surface area (Å²) in [6.45, 7) is 0.401. The Hall–Kier alpha value is -2.33. The van der Waals surface area contributed by atoms with Gasteiger partial charge in [0.05, 0.1) is 29.9 Å². The van der Waals surface area contributed by atoms with Crippen LogP contribution in [0, 0.1) is 22.7 Å². The molecule has 1 aromatic rings. The highest BCUT2D eigenvalue weighted by molar-refractivity contribution is 5.49. The Labute approximate surface area is 93.7 Å². The largest absolute Gasteiger partial charge is 0.493 e. The molecule has 0 saturated heterocycles. The fourth-order valence-electron chi connectivity index (χ4n) is 1.17. The normalized spacial score (nSPS) is 8.88. The molecule has 0 fully saturated rings. The van der Waals surface area contributed by atoms with Crippen LogP contribution in [0.15, 0.2) is 18.2 Å². The molecule has 0 amide bonds. The van der Waals surface area contributed by atoms with E-state index in [1.54, 1.807) is 12.1 Å². The summed E-state index contributed by atoms with van der Waals surface area (Å²) in [5.41, 5.74) is 0.786. The summed E-state index contributed by atoms with van der Waals surface area (Å²) < 4.78 is 5.33. The minimum atomic E-state index is 0.393. The molecule has 0 saturated carbocycles. The zero-order valence-electron chi connectivity index (χ0n) is 8.64. The number of ether oxygens (including phenoxy) is 1. The van der Waals surface area contributed by atoms with Crippen LogP contribution >= 0.6 is 0 Å². The highest BCUT2D eigenvalue weighted by Gasteiger charge is 2.01. The van der Waals surface area contributed by atoms with E-state index in [1.807, 2.05) is 12.1 Å². The van der Waals surface area contributed by atoms with Crippen molar-refractivity contribution >= 4 is 6.29 Å². The van der Waals surface area contributed by atoms with Crippen LogP contribution in [0.3, 0.4) is 0 Å². The van der Waals surface area contributed by atoms with E-state index in [0.29, 0.717) is 36.3 Å². The number of hydrogen-bond acceptors (Lipinski definition) is 4. The predicted molar refractivity (Wildman–Crippen MR) is 56.7 cm³/mol. The first-order valence-electron chi connectivity index (χ1n) is 4.82. The third-order valence-corrected chi connectivity index (χ3v) is 1.90. The topological polar surface area (TPSA) is 73.9 Å². The number of hydrogen-bond donors (Lipinski definition) is 0. The Kier molecular flexibility index (Phi) is 4.56. The van der Waals surface area contributed by atoms with E-state index in [-0.39, 0.29) is 0 Å². The molecule has 1 rings (SSSR count). The predicted octanol–water partition coefficient (Wildman–Crippen LogP) is 1.79. The van der Waals surface area contributed by atoms with Crippen molar-refractivity contribution in [3.05, 3.63) is 29.3 Å². The Morgan fingerprint density at radius 1 is 1.19 bits per heavy atom. The van der Waals surface area contributed by atoms with E-state index in [9.17, 15) is 4.79 Å². The summed E-state index contributed by atoms with van der Waals surface area (Å²) in [7, 11) is 0. The quantitative estimate of drug-likeness (QED) is 0.553. The summed E-state index contributed by atoms with van der Waals surface area (Å²) in [5.74, 6) is 0.487. The fourth-order valence-corrected chi connectivity index (χ4v) is 1.17. The highest BCUT2D eigenvalue weighted by Crippen LogP contribution is 2.16. The zero-order chi connectivity index (χ0) is 11.8. The van der Waals surface area contributed by atoms with Gasteiger partial charge in [0.2, 0.25) is 0 Å². The van der Waals surface area contributed by atoms with Gasteiger partial charge in [-0.2, -0.15) is 10.5 Å². The van der Waals surface area contributed by atoms with Crippen molar-refractivity contribution in [2.75, 3.05) is 6.61 Å². The maximum absolute atomic E-state index is 10.1. The van der Waals surface area contributed by atoms with Crippen molar-refractivity contribution < 1.29 is 9.53 Å². The fraction of sp³-hybridized carbons (Fsp3) is 0.250. The van der Waals surface area contributed by atoms with Gasteiger partial charge in [-0.15, -0.1) is 0 Å². The van der Waals surface area contributed by atoms with Crippen LogP contribution in [0.2, 0.25) is 0 Å². The summed E-state index contributed by atoms with van der Waals surface area (Å²) >= 11 is 0. The smallest absolute Gasteiger partial charge is 0.121 e. The van der Waals surface area contributed by atoms with Crippen LogP contribution in [-0.4, -0.2) is 12.9 Å². The van der Waals surface area contributed by atoms with Crippen molar-refractivity contribution in [2.24, 2.45) is 0 Å². The molecule has 0 N–H and O–H groups in total. The summed E-state index contributed by atoms with van der Waals surface area (Å²) in [6.07, 6.45) is 1.90. The second-order valence-corrected chi connectivity index (χ2v) is 3.13. The molecular weight excluding hydrogens is 204 g/mol. The van der Waals surface area contributed by atoms with Gasteiger partial charge in [0, 0.05) is 6.42 Å². The van der Waals surface area contributed by atoms with Crippen LogP contribution in [0.5, 0.6) is 5.75 Å². The Morgan fingerprint density at radius 3 is 2.31 bits per heavy atom. The maximum atomic E-state index is 10.1. The lowest BCUT2D eigenvalue weighted by Gasteiger charge is -2.05. The van der Waals surface area contributed by atoms with Gasteiger partial charge < -0.3 is 9.53 Å². The van der Waals surface area contributed by atoms with E-state index >= 15 is 0 Å². The van der Waals surface area contributed by atoms with Gasteiger partial charge in [-0.25, -0.2) is 0 Å². The monoisotopic (exact) mass is 214 g/mol. The molecule has 4 nitrogen and oxygen atoms in total. The molecule has 0 aliphatic heterocycles. The summed E-state index contributed by atoms with van der Waals surface area (Å²) in [4.78, 5) is 10.1. The van der Waals surface area contributed by atoms with E-state index in [2.05, 4.69) is 0 Å². The minimum absolute atomic E-state index is 0.393. The number of carbonyl (C=O) groups excluding carboxylic acids is 1. The highest BCUT2D eigenvalue weighted by atomic mass is 16.5. The first-order valence-corrected chi connectivity index (χ1v) is 4.82. The van der Waals surface area contributed by atoms with Crippen LogP contribution in [-0.2, 0) is 4.79 Å². The van der Waals surface area contributed by atoms with E-state index in [0.717, 1.165) is 6.29 Å². The number of unbranched alkanes of at least 4 members (excludes halogenated alkanes) is 1. The lowest BCUT2D eigenvalue weighted by Crippen LogP contribution is -1.98. The van der Waals surface area contributed by atoms with Crippen LogP contribution in [0.1, 0.15) is 24.0 Å². The molecule has 0 aliphatic carbocycles. The summed E-state index contributed by atoms with van der Waals surface area (Å²) in [6, 6.07) is 8.55. The van der Waals surface area contributed by atoms with Crippen LogP contribution in [0.25, 0.3) is 0 Å². The number of carbonyl (C=O) groups is 1. The first kappa shape index (κ1) is 11.7. The number of nitrogens with zero attached hydrogens (tertiary/aromatic N) is 2. The van der Waals surface area contributed by atoms with E-state index in [4.69, 9.17) is 15.3 Å². The van der Waals surface area contributed by atoms with Gasteiger partial charge in [0.25, 0.3) is 0 Å². The second-order valence-electron chi connectivity index (χ2n) is 3.13. The van der Waals surface area contributed by atoms with Gasteiger partial charge in [0.15, 0.2) is 0 Å². The van der Waals surface area contributed by atoms with Crippen LogP contribution in [0.4, 0.5) is 0 Å². The molecule has 0 unspecified atom stereocenters. The Morgan fingerprint density at radius 2 is 1.81 bits per heavy atom. The van der Waals surface area contributed by atoms with Gasteiger partial charge in [-0.1, -0.05) is 0 Å². The number of aldehydes is 1. The third-order valence-electron chi connectivity index (χ3n) is 1.90. The average Bonchev–Trinajstić information content (AvgIpc) is 2.34. The Balaban J connectivity index is 2.69. The molecule has 1 aromatic carbocycles. The number of rotatable bonds is 5. The second kappa shape index (κ2) is 6.21. The molecule has 0 aromatic heterocycles. The molecule has 16 heavy (non-hydrogen) atoms. The molecular formula is C12H10N2O2. The Bertz CT molecular complexity index is 423. The molecule has 4 heteroatoms. The zero-order valence-corrected chi connectivity index (χ0v) is 8.64. The molecule has 0 radical (unpaired) electrons. The number of nitriles is 2. The van der Waals surface area contributed by atoms with Crippen molar-refractivity contribution in [2.45, 2.75) is 12.8 Å². The molecule has 80 valence electrons. The third kappa shape index (κ3) is 3.43. The van der Waals surface area contributed by atoms with Gasteiger partial charge in [0.1, 0.15) is 12.0 Å². The van der Waals surface area contributed by atoms with Crippen molar-refractivity contribution in [3.63, 3.8) is 0 Å². The van der Waals surface area contributed by atoms with Gasteiger partial charge in [-0.05, 0) is 24.6 Å². The van der Waals surface area contributed by atoms with Crippen molar-refractivity contribution in [1.29, 1.82) is 10.5 Å². The lowest BCUT2D eigenvalue weighted by atomic mass is 10.1.